The monoisotopic (exact) mass is 254 g/mol. The molecule has 1 aliphatic heterocycles. The van der Waals surface area contributed by atoms with E-state index >= 15 is 0 Å². The molecule has 0 bridgehead atoms. The lowest BCUT2D eigenvalue weighted by Gasteiger charge is -2.21. The Kier molecular flexibility index (Phi) is 4.53. The Hall–Kier alpha value is -0.910. The summed E-state index contributed by atoms with van der Waals surface area (Å²) in [6, 6.07) is 4.16. The molecular weight excluding hydrogens is 236 g/mol. The summed E-state index contributed by atoms with van der Waals surface area (Å²) in [5.41, 5.74) is 0. The van der Waals surface area contributed by atoms with Gasteiger partial charge in [0.25, 0.3) is 0 Å². The molecule has 1 aliphatic rings. The van der Waals surface area contributed by atoms with E-state index in [1.807, 2.05) is 17.5 Å². The van der Waals surface area contributed by atoms with Gasteiger partial charge >= 0.3 is 0 Å². The van der Waals surface area contributed by atoms with Gasteiger partial charge in [0.1, 0.15) is 0 Å². The first kappa shape index (κ1) is 12.5. The van der Waals surface area contributed by atoms with Gasteiger partial charge in [-0.3, -0.25) is 9.69 Å². The number of carbonyl (C=O) groups excluding carboxylic acids is 1. The summed E-state index contributed by atoms with van der Waals surface area (Å²) in [7, 11) is 0. The van der Waals surface area contributed by atoms with Gasteiger partial charge in [-0.05, 0) is 30.8 Å². The second-order valence-corrected chi connectivity index (χ2v) is 5.34. The maximum atomic E-state index is 11.7. The number of hydrogen-bond donors (Lipinski definition) is 2. The van der Waals surface area contributed by atoms with E-state index < -0.39 is 0 Å². The third-order valence-corrected chi connectivity index (χ3v) is 3.97. The number of likely N-dealkylation sites (tertiary alicyclic amines) is 1. The van der Waals surface area contributed by atoms with Crippen LogP contribution in [-0.2, 0) is 11.3 Å². The molecule has 1 unspecified atom stereocenters. The van der Waals surface area contributed by atoms with E-state index in [2.05, 4.69) is 10.2 Å². The van der Waals surface area contributed by atoms with Gasteiger partial charge in [0.2, 0.25) is 5.91 Å². The van der Waals surface area contributed by atoms with Crippen molar-refractivity contribution >= 4 is 17.2 Å². The van der Waals surface area contributed by atoms with E-state index in [-0.39, 0.29) is 18.6 Å². The van der Waals surface area contributed by atoms with Gasteiger partial charge in [-0.1, -0.05) is 6.07 Å². The molecule has 17 heavy (non-hydrogen) atoms. The SMILES string of the molecule is O=C(CN1CCCC1CO)NCc1cccs1. The number of thiophene rings is 1. The summed E-state index contributed by atoms with van der Waals surface area (Å²) in [6.45, 7) is 2.07. The van der Waals surface area contributed by atoms with Gasteiger partial charge < -0.3 is 10.4 Å². The molecule has 1 saturated heterocycles. The molecular formula is C12H18N2O2S. The Morgan fingerprint density at radius 2 is 2.53 bits per heavy atom. The van der Waals surface area contributed by atoms with Crippen LogP contribution in [0.3, 0.4) is 0 Å². The van der Waals surface area contributed by atoms with Crippen molar-refractivity contribution < 1.29 is 9.90 Å². The van der Waals surface area contributed by atoms with Crippen LogP contribution in [0.5, 0.6) is 0 Å². The van der Waals surface area contributed by atoms with Crippen molar-refractivity contribution in [1.29, 1.82) is 0 Å². The smallest absolute Gasteiger partial charge is 0.234 e. The first-order valence-electron chi connectivity index (χ1n) is 5.93. The van der Waals surface area contributed by atoms with Gasteiger partial charge in [0.05, 0.1) is 19.7 Å². The number of nitrogens with one attached hydrogen (secondary N) is 1. The zero-order chi connectivity index (χ0) is 12.1. The van der Waals surface area contributed by atoms with Crippen molar-refractivity contribution in [3.63, 3.8) is 0 Å². The normalized spacial score (nSPS) is 20.6. The minimum Gasteiger partial charge on any atom is -0.395 e. The summed E-state index contributed by atoms with van der Waals surface area (Å²) in [5.74, 6) is 0.0405. The molecule has 0 radical (unpaired) electrons. The Balaban J connectivity index is 1.73. The maximum Gasteiger partial charge on any atom is 0.234 e. The second-order valence-electron chi connectivity index (χ2n) is 4.31. The Morgan fingerprint density at radius 1 is 1.65 bits per heavy atom. The number of aliphatic hydroxyl groups excluding tert-OH is 1. The number of amides is 1. The zero-order valence-electron chi connectivity index (χ0n) is 9.76. The highest BCUT2D eigenvalue weighted by atomic mass is 32.1. The molecule has 1 fully saturated rings. The van der Waals surface area contributed by atoms with Crippen LogP contribution in [0.2, 0.25) is 0 Å². The topological polar surface area (TPSA) is 52.6 Å². The molecule has 5 heteroatoms. The first-order chi connectivity index (χ1) is 8.29. The molecule has 1 atom stereocenters. The molecule has 0 saturated carbocycles. The number of carbonyl (C=O) groups is 1. The van der Waals surface area contributed by atoms with Crippen LogP contribution in [0, 0.1) is 0 Å². The van der Waals surface area contributed by atoms with Crippen molar-refractivity contribution in [2.24, 2.45) is 0 Å². The van der Waals surface area contributed by atoms with Crippen LogP contribution in [0.15, 0.2) is 17.5 Å². The van der Waals surface area contributed by atoms with E-state index in [9.17, 15) is 4.79 Å². The average Bonchev–Trinajstić information content (AvgIpc) is 2.97. The van der Waals surface area contributed by atoms with Crippen molar-refractivity contribution in [3.8, 4) is 0 Å². The minimum absolute atomic E-state index is 0.0405. The van der Waals surface area contributed by atoms with Crippen LogP contribution in [0.25, 0.3) is 0 Å². The van der Waals surface area contributed by atoms with Crippen LogP contribution in [-0.4, -0.2) is 41.7 Å². The fourth-order valence-electron chi connectivity index (χ4n) is 2.15. The standard InChI is InChI=1S/C12H18N2O2S/c15-9-10-3-1-5-14(10)8-12(16)13-7-11-4-2-6-17-11/h2,4,6,10,15H,1,3,5,7-9H2,(H,13,16). The third-order valence-electron chi connectivity index (χ3n) is 3.10. The van der Waals surface area contributed by atoms with Gasteiger partial charge in [0, 0.05) is 10.9 Å². The predicted octanol–water partition coefficient (Wildman–Crippen LogP) is 0.821. The van der Waals surface area contributed by atoms with Crippen molar-refractivity contribution in [2.45, 2.75) is 25.4 Å². The summed E-state index contributed by atoms with van der Waals surface area (Å²) in [6.07, 6.45) is 2.07. The molecule has 94 valence electrons. The number of aliphatic hydroxyl groups is 1. The molecule has 1 amide bonds. The first-order valence-corrected chi connectivity index (χ1v) is 6.81. The zero-order valence-corrected chi connectivity index (χ0v) is 10.6. The maximum absolute atomic E-state index is 11.7. The summed E-state index contributed by atoms with van der Waals surface area (Å²) >= 11 is 1.64. The van der Waals surface area contributed by atoms with E-state index in [4.69, 9.17) is 5.11 Å². The van der Waals surface area contributed by atoms with Gasteiger partial charge in [0.15, 0.2) is 0 Å². The summed E-state index contributed by atoms with van der Waals surface area (Å²) in [4.78, 5) is 15.0. The van der Waals surface area contributed by atoms with Crippen molar-refractivity contribution in [3.05, 3.63) is 22.4 Å². The van der Waals surface area contributed by atoms with E-state index in [0.717, 1.165) is 19.4 Å². The van der Waals surface area contributed by atoms with Crippen LogP contribution < -0.4 is 5.32 Å². The average molecular weight is 254 g/mol. The van der Waals surface area contributed by atoms with Gasteiger partial charge in [-0.25, -0.2) is 0 Å². The highest BCUT2D eigenvalue weighted by Crippen LogP contribution is 2.15. The summed E-state index contributed by atoms with van der Waals surface area (Å²) < 4.78 is 0. The number of hydrogen-bond acceptors (Lipinski definition) is 4. The molecule has 2 rings (SSSR count). The molecule has 0 aliphatic carbocycles. The van der Waals surface area contributed by atoms with Crippen molar-refractivity contribution in [2.75, 3.05) is 19.7 Å². The van der Waals surface area contributed by atoms with E-state index in [1.165, 1.54) is 4.88 Å². The quantitative estimate of drug-likeness (QED) is 0.818. The summed E-state index contributed by atoms with van der Waals surface area (Å²) in [5, 5.41) is 14.1. The molecule has 4 nitrogen and oxygen atoms in total. The second kappa shape index (κ2) is 6.14. The molecule has 1 aromatic rings. The molecule has 2 heterocycles. The predicted molar refractivity (Wildman–Crippen MR) is 67.8 cm³/mol. The molecule has 2 N–H and O–H groups in total. The lowest BCUT2D eigenvalue weighted by Crippen LogP contribution is -2.40. The highest BCUT2D eigenvalue weighted by Gasteiger charge is 2.25. The minimum atomic E-state index is 0.0405. The highest BCUT2D eigenvalue weighted by molar-refractivity contribution is 7.09. The fourth-order valence-corrected chi connectivity index (χ4v) is 2.79. The van der Waals surface area contributed by atoms with Crippen LogP contribution in [0.4, 0.5) is 0 Å². The lowest BCUT2D eigenvalue weighted by atomic mass is 10.2. The van der Waals surface area contributed by atoms with E-state index in [1.54, 1.807) is 11.3 Å². The lowest BCUT2D eigenvalue weighted by molar-refractivity contribution is -0.122. The van der Waals surface area contributed by atoms with E-state index in [0.29, 0.717) is 13.1 Å². The number of rotatable bonds is 5. The largest absolute Gasteiger partial charge is 0.395 e. The Morgan fingerprint density at radius 3 is 3.24 bits per heavy atom. The molecule has 0 aromatic carbocycles. The van der Waals surface area contributed by atoms with Gasteiger partial charge in [-0.15, -0.1) is 11.3 Å². The van der Waals surface area contributed by atoms with Crippen LogP contribution in [0.1, 0.15) is 17.7 Å². The van der Waals surface area contributed by atoms with Crippen LogP contribution >= 0.6 is 11.3 Å². The Labute approximate surface area is 105 Å². The Bertz CT molecular complexity index is 353. The van der Waals surface area contributed by atoms with Crippen molar-refractivity contribution in [1.82, 2.24) is 10.2 Å². The van der Waals surface area contributed by atoms with Gasteiger partial charge in [-0.2, -0.15) is 0 Å². The number of nitrogens with zero attached hydrogens (tertiary/aromatic N) is 1. The molecule has 0 spiro atoms. The third kappa shape index (κ3) is 3.52. The molecule has 1 aromatic heterocycles. The fraction of sp³-hybridized carbons (Fsp3) is 0.583.